The Hall–Kier alpha value is -2.67. The molecule has 2 rings (SSSR count). The molecule has 8 heteroatoms. The lowest BCUT2D eigenvalue weighted by Crippen LogP contribution is -2.05. The van der Waals surface area contributed by atoms with Crippen LogP contribution in [0.3, 0.4) is 0 Å². The zero-order chi connectivity index (χ0) is 16.3. The fourth-order valence-corrected chi connectivity index (χ4v) is 1.92. The average Bonchev–Trinajstić information content (AvgIpc) is 2.46. The summed E-state index contributed by atoms with van der Waals surface area (Å²) in [6, 6.07) is 4.05. The lowest BCUT2D eigenvalue weighted by Gasteiger charge is -2.06. The van der Waals surface area contributed by atoms with Gasteiger partial charge >= 0.3 is 5.97 Å². The Morgan fingerprint density at radius 1 is 1.41 bits per heavy atom. The number of nitrogens with zero attached hydrogens (tertiary/aromatic N) is 2. The van der Waals surface area contributed by atoms with Crippen LogP contribution in [0.15, 0.2) is 18.2 Å². The number of aromatic carboxylic acids is 1. The third-order valence-corrected chi connectivity index (χ3v) is 2.98. The van der Waals surface area contributed by atoms with Crippen LogP contribution in [-0.2, 0) is 0 Å². The lowest BCUT2D eigenvalue weighted by atomic mass is 10.2. The molecule has 0 unspecified atom stereocenters. The van der Waals surface area contributed by atoms with E-state index in [2.05, 4.69) is 9.97 Å². The predicted octanol–water partition coefficient (Wildman–Crippen LogP) is 2.73. The number of benzene rings is 1. The highest BCUT2D eigenvalue weighted by atomic mass is 35.5. The van der Waals surface area contributed by atoms with Crippen LogP contribution in [0, 0.1) is 5.82 Å². The van der Waals surface area contributed by atoms with E-state index in [1.54, 1.807) is 0 Å². The molecule has 0 bridgehead atoms. The second-order valence-corrected chi connectivity index (χ2v) is 4.57. The minimum Gasteiger partial charge on any atom is -0.492 e. The van der Waals surface area contributed by atoms with Gasteiger partial charge in [-0.1, -0.05) is 17.7 Å². The van der Waals surface area contributed by atoms with Gasteiger partial charge < -0.3 is 15.6 Å². The summed E-state index contributed by atoms with van der Waals surface area (Å²) in [7, 11) is 1.30. The summed E-state index contributed by atoms with van der Waals surface area (Å²) in [6.45, 7) is 0. The zero-order valence-corrected chi connectivity index (χ0v) is 12.1. The average molecular weight is 324 g/mol. The van der Waals surface area contributed by atoms with Crippen molar-refractivity contribution in [1.29, 1.82) is 0 Å². The first-order valence-electron chi connectivity index (χ1n) is 6.00. The molecule has 114 valence electrons. The number of aromatic nitrogens is 2. The molecule has 0 aliphatic rings. The van der Waals surface area contributed by atoms with E-state index >= 15 is 0 Å². The molecule has 0 radical (unpaired) electrons. The van der Waals surface area contributed by atoms with Gasteiger partial charge in [-0.05, 0) is 18.2 Å². The summed E-state index contributed by atoms with van der Waals surface area (Å²) in [5.74, 6) is -1.91. The first-order valence-corrected chi connectivity index (χ1v) is 6.38. The van der Waals surface area contributed by atoms with Crippen molar-refractivity contribution in [2.75, 3.05) is 12.8 Å². The molecule has 2 aromatic rings. The second kappa shape index (κ2) is 6.40. The number of ether oxygens (including phenoxy) is 1. The van der Waals surface area contributed by atoms with Crippen molar-refractivity contribution in [3.63, 3.8) is 0 Å². The molecule has 22 heavy (non-hydrogen) atoms. The van der Waals surface area contributed by atoms with E-state index in [1.165, 1.54) is 31.4 Å². The van der Waals surface area contributed by atoms with Crippen LogP contribution in [-0.4, -0.2) is 28.2 Å². The smallest absolute Gasteiger partial charge is 0.354 e. The van der Waals surface area contributed by atoms with Gasteiger partial charge in [-0.25, -0.2) is 19.2 Å². The molecule has 0 fully saturated rings. The van der Waals surface area contributed by atoms with Crippen molar-refractivity contribution in [2.45, 2.75) is 0 Å². The Bertz CT molecular complexity index is 765. The van der Waals surface area contributed by atoms with Crippen molar-refractivity contribution >= 4 is 35.5 Å². The Morgan fingerprint density at radius 2 is 2.14 bits per heavy atom. The van der Waals surface area contributed by atoms with E-state index in [4.69, 9.17) is 27.2 Å². The molecule has 0 saturated carbocycles. The van der Waals surface area contributed by atoms with Crippen LogP contribution in [0.1, 0.15) is 21.9 Å². The van der Waals surface area contributed by atoms with Crippen molar-refractivity contribution in [3.8, 4) is 5.75 Å². The molecular formula is C14H11ClFN3O3. The van der Waals surface area contributed by atoms with E-state index in [0.717, 1.165) is 6.07 Å². The first kappa shape index (κ1) is 15.7. The Labute approximate surface area is 130 Å². The van der Waals surface area contributed by atoms with Gasteiger partial charge in [0.1, 0.15) is 5.82 Å². The monoisotopic (exact) mass is 323 g/mol. The first-order chi connectivity index (χ1) is 10.4. The molecule has 6 nitrogen and oxygen atoms in total. The van der Waals surface area contributed by atoms with E-state index in [9.17, 15) is 9.18 Å². The predicted molar refractivity (Wildman–Crippen MR) is 80.3 cm³/mol. The number of hydrogen-bond acceptors (Lipinski definition) is 5. The van der Waals surface area contributed by atoms with E-state index in [-0.39, 0.29) is 33.7 Å². The molecule has 0 aliphatic carbocycles. The number of rotatable bonds is 4. The maximum Gasteiger partial charge on any atom is 0.354 e. The van der Waals surface area contributed by atoms with Crippen LogP contribution < -0.4 is 10.5 Å². The molecule has 0 atom stereocenters. The Morgan fingerprint density at radius 3 is 2.77 bits per heavy atom. The van der Waals surface area contributed by atoms with Crippen LogP contribution in [0.25, 0.3) is 12.2 Å². The summed E-state index contributed by atoms with van der Waals surface area (Å²) in [5, 5.41) is 9.04. The zero-order valence-electron chi connectivity index (χ0n) is 11.4. The normalized spacial score (nSPS) is 10.9. The maximum absolute atomic E-state index is 14.1. The molecule has 0 aliphatic heterocycles. The minimum atomic E-state index is -1.23. The highest BCUT2D eigenvalue weighted by Crippen LogP contribution is 2.30. The topological polar surface area (TPSA) is 98.3 Å². The van der Waals surface area contributed by atoms with Crippen molar-refractivity contribution in [3.05, 3.63) is 46.1 Å². The maximum atomic E-state index is 14.1. The summed E-state index contributed by atoms with van der Waals surface area (Å²) in [4.78, 5) is 18.5. The highest BCUT2D eigenvalue weighted by molar-refractivity contribution is 6.32. The van der Waals surface area contributed by atoms with Gasteiger partial charge in [0.2, 0.25) is 0 Å². The van der Waals surface area contributed by atoms with Crippen molar-refractivity contribution in [2.24, 2.45) is 0 Å². The van der Waals surface area contributed by atoms with Crippen LogP contribution >= 0.6 is 11.6 Å². The standard InChI is InChI=1S/C14H11ClFN3O3/c1-22-13-8(15)4-2-7(12(13)16)3-5-11-18-9(14(20)21)6-10(17)19-11/h2-6H,1H3,(H,20,21)(H2,17,18,19). The van der Waals surface area contributed by atoms with Crippen LogP contribution in [0.2, 0.25) is 5.02 Å². The largest absolute Gasteiger partial charge is 0.492 e. The third-order valence-electron chi connectivity index (χ3n) is 2.68. The van der Waals surface area contributed by atoms with Crippen molar-refractivity contribution in [1.82, 2.24) is 9.97 Å². The second-order valence-electron chi connectivity index (χ2n) is 4.16. The highest BCUT2D eigenvalue weighted by Gasteiger charge is 2.12. The number of carboxylic acid groups (broad SMARTS) is 1. The summed E-state index contributed by atoms with van der Waals surface area (Å²) in [5.41, 5.74) is 5.44. The number of methoxy groups -OCH3 is 1. The number of carbonyl (C=O) groups is 1. The van der Waals surface area contributed by atoms with Gasteiger partial charge in [0.05, 0.1) is 12.1 Å². The summed E-state index contributed by atoms with van der Waals surface area (Å²) in [6.07, 6.45) is 2.71. The molecule has 0 saturated heterocycles. The van der Waals surface area contributed by atoms with Gasteiger partial charge in [-0.15, -0.1) is 0 Å². The van der Waals surface area contributed by atoms with Crippen LogP contribution in [0.5, 0.6) is 5.75 Å². The number of hydrogen-bond donors (Lipinski definition) is 2. The van der Waals surface area contributed by atoms with E-state index in [0.29, 0.717) is 0 Å². The summed E-state index contributed by atoms with van der Waals surface area (Å²) < 4.78 is 19.0. The Balaban J connectivity index is 2.39. The van der Waals surface area contributed by atoms with Gasteiger partial charge in [0.25, 0.3) is 0 Å². The number of carboxylic acids is 1. The SMILES string of the molecule is COc1c(Cl)ccc(C=Cc2nc(N)cc(C(=O)O)n2)c1F. The van der Waals surface area contributed by atoms with E-state index < -0.39 is 11.8 Å². The summed E-state index contributed by atoms with van der Waals surface area (Å²) >= 11 is 5.80. The number of nitrogen functional groups attached to an aromatic ring is 1. The molecule has 3 N–H and O–H groups in total. The molecule has 0 spiro atoms. The molecule has 0 amide bonds. The molecule has 1 heterocycles. The Kier molecular flexibility index (Phi) is 4.57. The number of anilines is 1. The van der Waals surface area contributed by atoms with E-state index in [1.807, 2.05) is 0 Å². The number of nitrogens with two attached hydrogens (primary N) is 1. The van der Waals surface area contributed by atoms with Gasteiger partial charge in [0.15, 0.2) is 23.1 Å². The molecule has 1 aromatic carbocycles. The quantitative estimate of drug-likeness (QED) is 0.897. The molecular weight excluding hydrogens is 313 g/mol. The van der Waals surface area contributed by atoms with Gasteiger partial charge in [-0.2, -0.15) is 0 Å². The fraction of sp³-hybridized carbons (Fsp3) is 0.0714. The third kappa shape index (κ3) is 3.32. The van der Waals surface area contributed by atoms with Crippen molar-refractivity contribution < 1.29 is 19.0 Å². The lowest BCUT2D eigenvalue weighted by molar-refractivity contribution is 0.0690. The van der Waals surface area contributed by atoms with Crippen LogP contribution in [0.4, 0.5) is 10.2 Å². The van der Waals surface area contributed by atoms with Gasteiger partial charge in [-0.3, -0.25) is 0 Å². The van der Waals surface area contributed by atoms with Gasteiger partial charge in [0, 0.05) is 11.6 Å². The fourth-order valence-electron chi connectivity index (χ4n) is 1.70. The molecule has 1 aromatic heterocycles. The number of halogens is 2. The minimum absolute atomic E-state index is 0.00112.